The topological polar surface area (TPSA) is 97.5 Å². The molecule has 0 bridgehead atoms. The number of nitrogens with one attached hydrogen (secondary N) is 1. The molecule has 0 radical (unpaired) electrons. The van der Waals surface area contributed by atoms with E-state index in [1.807, 2.05) is 19.1 Å². The Balaban J connectivity index is 1.39. The van der Waals surface area contributed by atoms with Crippen LogP contribution in [0.2, 0.25) is 0 Å². The Kier molecular flexibility index (Phi) is 5.46. The highest BCUT2D eigenvalue weighted by molar-refractivity contribution is 5.91. The summed E-state index contributed by atoms with van der Waals surface area (Å²) in [5, 5.41) is 12.4. The van der Waals surface area contributed by atoms with Gasteiger partial charge in [-0.25, -0.2) is 18.7 Å². The summed E-state index contributed by atoms with van der Waals surface area (Å²) in [6.45, 7) is 6.44. The fraction of sp³-hybridized carbons (Fsp3) is 0.423. The largest absolute Gasteiger partial charge is 0.484 e. The van der Waals surface area contributed by atoms with Gasteiger partial charge in [0.1, 0.15) is 24.1 Å². The molecule has 0 saturated carbocycles. The molecule has 3 aromatic heterocycles. The van der Waals surface area contributed by atoms with Crippen molar-refractivity contribution in [1.82, 2.24) is 29.5 Å². The molecule has 4 aromatic rings. The highest BCUT2D eigenvalue weighted by Crippen LogP contribution is 2.44. The average Bonchev–Trinajstić information content (AvgIpc) is 3.59. The summed E-state index contributed by atoms with van der Waals surface area (Å²) in [7, 11) is 0. The maximum atomic E-state index is 14.4. The number of halogens is 2. The summed E-state index contributed by atoms with van der Waals surface area (Å²) in [5.41, 5.74) is 2.77. The van der Waals surface area contributed by atoms with E-state index in [4.69, 9.17) is 4.74 Å². The monoisotopic (exact) mass is 507 g/mol. The second-order valence-corrected chi connectivity index (χ2v) is 9.83. The number of alkyl halides is 2. The molecule has 1 aliphatic heterocycles. The fourth-order valence-corrected chi connectivity index (χ4v) is 5.45. The highest BCUT2D eigenvalue weighted by Gasteiger charge is 2.40. The van der Waals surface area contributed by atoms with E-state index in [1.54, 1.807) is 35.5 Å². The van der Waals surface area contributed by atoms with E-state index in [1.165, 1.54) is 6.07 Å². The number of hydrogen-bond acceptors (Lipinski definition) is 7. The average molecular weight is 508 g/mol. The van der Waals surface area contributed by atoms with Crippen molar-refractivity contribution in [2.45, 2.75) is 58.1 Å². The molecule has 192 valence electrons. The third kappa shape index (κ3) is 4.02. The minimum atomic E-state index is -2.80. The Bertz CT molecular complexity index is 1540. The molecule has 2 aliphatic rings. The van der Waals surface area contributed by atoms with Gasteiger partial charge in [0, 0.05) is 31.9 Å². The Morgan fingerprint density at radius 2 is 2.11 bits per heavy atom. The molecule has 9 nitrogen and oxygen atoms in total. The van der Waals surface area contributed by atoms with Crippen molar-refractivity contribution in [2.75, 3.05) is 18.4 Å². The standard InChI is InChI=1S/C26H27F2N7O2/c1-14(18-5-4-6-21-19(18)7-9-26(21,27)28)30-23-20-11-22(37-17-8-10-34(12-17)16(3)36)25-33-29-13-35(25)24(20)32-15(2)31-23/h4-6,11,13-14,17H,7-10,12H2,1-3H3,(H,30,31,32)/t14?,17-/m0/s1. The number of fused-ring (bicyclic) bond motifs is 4. The number of amides is 1. The Labute approximate surface area is 211 Å². The van der Waals surface area contributed by atoms with Gasteiger partial charge in [-0.3, -0.25) is 9.20 Å². The van der Waals surface area contributed by atoms with Crippen molar-refractivity contribution in [2.24, 2.45) is 0 Å². The molecular weight excluding hydrogens is 480 g/mol. The van der Waals surface area contributed by atoms with E-state index in [9.17, 15) is 13.6 Å². The molecule has 4 heterocycles. The molecule has 1 amide bonds. The maximum absolute atomic E-state index is 14.4. The number of carbonyl (C=O) groups excluding carboxylic acids is 1. The number of hydrogen-bond donors (Lipinski definition) is 1. The summed E-state index contributed by atoms with van der Waals surface area (Å²) in [5.74, 6) is -1.15. The Hall–Kier alpha value is -3.89. The molecule has 6 rings (SSSR count). The van der Waals surface area contributed by atoms with Crippen LogP contribution in [0.4, 0.5) is 14.6 Å². The predicted octanol–water partition coefficient (Wildman–Crippen LogP) is 4.19. The van der Waals surface area contributed by atoms with Gasteiger partial charge >= 0.3 is 0 Å². The molecule has 1 saturated heterocycles. The fourth-order valence-electron chi connectivity index (χ4n) is 5.45. The minimum Gasteiger partial charge on any atom is -0.484 e. The first kappa shape index (κ1) is 23.5. The van der Waals surface area contributed by atoms with E-state index in [0.29, 0.717) is 65.6 Å². The predicted molar refractivity (Wildman–Crippen MR) is 133 cm³/mol. The van der Waals surface area contributed by atoms with Gasteiger partial charge in [-0.05, 0) is 37.5 Å². The summed E-state index contributed by atoms with van der Waals surface area (Å²) >= 11 is 0. The SMILES string of the molecule is CC(=O)N1CC[C@H](Oc2cc3c(NC(C)c4cccc5c4CCC5(F)F)nc(C)nc3n3cnnc23)C1. The number of aromatic nitrogens is 5. The van der Waals surface area contributed by atoms with Gasteiger partial charge in [0.2, 0.25) is 11.6 Å². The first-order chi connectivity index (χ1) is 17.7. The van der Waals surface area contributed by atoms with Crippen LogP contribution in [0.3, 0.4) is 0 Å². The zero-order valence-electron chi connectivity index (χ0n) is 20.8. The van der Waals surface area contributed by atoms with Crippen LogP contribution < -0.4 is 10.1 Å². The Morgan fingerprint density at radius 1 is 1.27 bits per heavy atom. The van der Waals surface area contributed by atoms with Gasteiger partial charge in [0.05, 0.1) is 18.0 Å². The van der Waals surface area contributed by atoms with Crippen molar-refractivity contribution in [3.8, 4) is 5.75 Å². The molecule has 1 N–H and O–H groups in total. The Morgan fingerprint density at radius 3 is 2.89 bits per heavy atom. The first-order valence-electron chi connectivity index (χ1n) is 12.4. The molecule has 1 unspecified atom stereocenters. The van der Waals surface area contributed by atoms with E-state index < -0.39 is 5.92 Å². The van der Waals surface area contributed by atoms with Crippen LogP contribution in [-0.2, 0) is 17.1 Å². The van der Waals surface area contributed by atoms with Crippen LogP contribution >= 0.6 is 0 Å². The van der Waals surface area contributed by atoms with Gasteiger partial charge in [-0.15, -0.1) is 10.2 Å². The summed E-state index contributed by atoms with van der Waals surface area (Å²) in [6.07, 6.45) is 2.29. The van der Waals surface area contributed by atoms with Crippen molar-refractivity contribution in [3.63, 3.8) is 0 Å². The second kappa shape index (κ2) is 8.60. The number of ether oxygens (including phenoxy) is 1. The van der Waals surface area contributed by atoms with Gasteiger partial charge < -0.3 is 15.0 Å². The summed E-state index contributed by atoms with van der Waals surface area (Å²) in [6, 6.07) is 6.66. The van der Waals surface area contributed by atoms with Gasteiger partial charge in [0.25, 0.3) is 5.92 Å². The lowest BCUT2D eigenvalue weighted by atomic mass is 9.97. The highest BCUT2D eigenvalue weighted by atomic mass is 19.3. The van der Waals surface area contributed by atoms with Gasteiger partial charge in [-0.2, -0.15) is 0 Å². The molecule has 37 heavy (non-hydrogen) atoms. The van der Waals surface area contributed by atoms with Crippen molar-refractivity contribution in [1.29, 1.82) is 0 Å². The number of rotatable bonds is 5. The number of anilines is 1. The second-order valence-electron chi connectivity index (χ2n) is 9.83. The number of benzene rings is 1. The van der Waals surface area contributed by atoms with Crippen molar-refractivity contribution >= 4 is 28.4 Å². The third-order valence-electron chi connectivity index (χ3n) is 7.31. The van der Waals surface area contributed by atoms with Crippen LogP contribution in [0.1, 0.15) is 55.2 Å². The minimum absolute atomic E-state index is 0.0201. The molecule has 11 heteroatoms. The van der Waals surface area contributed by atoms with Crippen LogP contribution in [0.15, 0.2) is 30.6 Å². The summed E-state index contributed by atoms with van der Waals surface area (Å²) in [4.78, 5) is 22.8. The number of pyridine rings is 1. The van der Waals surface area contributed by atoms with E-state index >= 15 is 0 Å². The van der Waals surface area contributed by atoms with E-state index in [0.717, 1.165) is 5.56 Å². The van der Waals surface area contributed by atoms with Crippen LogP contribution in [0.25, 0.3) is 16.7 Å². The lowest BCUT2D eigenvalue weighted by Crippen LogP contribution is -2.28. The third-order valence-corrected chi connectivity index (χ3v) is 7.31. The zero-order valence-corrected chi connectivity index (χ0v) is 20.8. The number of nitrogens with zero attached hydrogens (tertiary/aromatic N) is 6. The molecule has 1 aromatic carbocycles. The van der Waals surface area contributed by atoms with Crippen LogP contribution in [0, 0.1) is 6.92 Å². The maximum Gasteiger partial charge on any atom is 0.273 e. The van der Waals surface area contributed by atoms with E-state index in [2.05, 4.69) is 25.5 Å². The number of aryl methyl sites for hydroxylation is 1. The number of likely N-dealkylation sites (tertiary alicyclic amines) is 1. The smallest absolute Gasteiger partial charge is 0.273 e. The molecule has 0 spiro atoms. The van der Waals surface area contributed by atoms with Gasteiger partial charge in [-0.1, -0.05) is 18.2 Å². The van der Waals surface area contributed by atoms with Gasteiger partial charge in [0.15, 0.2) is 11.4 Å². The van der Waals surface area contributed by atoms with E-state index in [-0.39, 0.29) is 30.0 Å². The normalized spacial score (nSPS) is 19.4. The summed E-state index contributed by atoms with van der Waals surface area (Å²) < 4.78 is 36.8. The quantitative estimate of drug-likeness (QED) is 0.433. The molecule has 2 atom stereocenters. The lowest BCUT2D eigenvalue weighted by molar-refractivity contribution is -0.128. The van der Waals surface area contributed by atoms with Crippen LogP contribution in [0.5, 0.6) is 5.75 Å². The van der Waals surface area contributed by atoms with Crippen molar-refractivity contribution < 1.29 is 18.3 Å². The molecular formula is C26H27F2N7O2. The molecule has 1 aliphatic carbocycles. The first-order valence-corrected chi connectivity index (χ1v) is 12.4. The lowest BCUT2D eigenvalue weighted by Gasteiger charge is -2.21. The van der Waals surface area contributed by atoms with Crippen molar-refractivity contribution in [3.05, 3.63) is 53.1 Å². The zero-order chi connectivity index (χ0) is 25.9. The number of carbonyl (C=O) groups is 1. The van der Waals surface area contributed by atoms with Crippen LogP contribution in [-0.4, -0.2) is 54.6 Å². The molecule has 1 fully saturated rings.